The van der Waals surface area contributed by atoms with Crippen LogP contribution in [0, 0.1) is 23.2 Å². The molecule has 19 heavy (non-hydrogen) atoms. The number of Topliss-reactive ketones (excluding diaryl/α,β-unsaturated/α-hetero) is 2. The van der Waals surface area contributed by atoms with E-state index in [2.05, 4.69) is 0 Å². The van der Waals surface area contributed by atoms with Crippen LogP contribution in [0.2, 0.25) is 0 Å². The predicted molar refractivity (Wildman–Crippen MR) is 71.7 cm³/mol. The molecule has 0 aromatic carbocycles. The second-order valence-corrected chi connectivity index (χ2v) is 6.26. The first-order valence-electron chi connectivity index (χ1n) is 6.99. The fourth-order valence-electron chi connectivity index (χ4n) is 3.11. The SMILES string of the molecule is CC(C)C(=O)[C@]1([C@H](C)CC(=O)O)CC[C@@H](C)C(=O)C1. The highest BCUT2D eigenvalue weighted by Crippen LogP contribution is 2.46. The zero-order chi connectivity index (χ0) is 14.8. The molecule has 0 radical (unpaired) electrons. The van der Waals surface area contributed by atoms with Crippen molar-refractivity contribution in [3.63, 3.8) is 0 Å². The quantitative estimate of drug-likeness (QED) is 0.832. The molecule has 0 amide bonds. The monoisotopic (exact) mass is 268 g/mol. The van der Waals surface area contributed by atoms with E-state index < -0.39 is 11.4 Å². The Kier molecular flexibility index (Phi) is 4.88. The Labute approximate surface area is 114 Å². The normalized spacial score (nSPS) is 29.3. The topological polar surface area (TPSA) is 71.4 Å². The van der Waals surface area contributed by atoms with E-state index >= 15 is 0 Å². The molecule has 1 aliphatic rings. The molecule has 108 valence electrons. The molecule has 1 N–H and O–H groups in total. The Morgan fingerprint density at radius 2 is 1.95 bits per heavy atom. The van der Waals surface area contributed by atoms with Crippen molar-refractivity contribution in [3.8, 4) is 0 Å². The number of carbonyl (C=O) groups is 3. The highest BCUT2D eigenvalue weighted by Gasteiger charge is 2.48. The molecule has 0 spiro atoms. The molecule has 0 aromatic heterocycles. The van der Waals surface area contributed by atoms with Gasteiger partial charge in [0.2, 0.25) is 0 Å². The van der Waals surface area contributed by atoms with Crippen molar-refractivity contribution >= 4 is 17.5 Å². The highest BCUT2D eigenvalue weighted by atomic mass is 16.4. The summed E-state index contributed by atoms with van der Waals surface area (Å²) in [7, 11) is 0. The third-order valence-electron chi connectivity index (χ3n) is 4.50. The van der Waals surface area contributed by atoms with Crippen molar-refractivity contribution in [1.29, 1.82) is 0 Å². The minimum atomic E-state index is -0.908. The minimum absolute atomic E-state index is 0.00915. The van der Waals surface area contributed by atoms with Crippen molar-refractivity contribution in [3.05, 3.63) is 0 Å². The molecule has 1 rings (SSSR count). The summed E-state index contributed by atoms with van der Waals surface area (Å²) in [4.78, 5) is 35.5. The molecule has 0 aromatic rings. The molecule has 1 aliphatic carbocycles. The molecule has 1 saturated carbocycles. The maximum absolute atomic E-state index is 12.5. The van der Waals surface area contributed by atoms with E-state index in [-0.39, 0.29) is 42.2 Å². The van der Waals surface area contributed by atoms with Gasteiger partial charge in [0, 0.05) is 30.1 Å². The lowest BCUT2D eigenvalue weighted by atomic mass is 9.59. The summed E-state index contributed by atoms with van der Waals surface area (Å²) in [5.74, 6) is -1.24. The largest absolute Gasteiger partial charge is 0.481 e. The average Bonchev–Trinajstić information content (AvgIpc) is 2.30. The van der Waals surface area contributed by atoms with E-state index in [0.29, 0.717) is 12.8 Å². The van der Waals surface area contributed by atoms with Crippen LogP contribution in [0.4, 0.5) is 0 Å². The van der Waals surface area contributed by atoms with Crippen LogP contribution in [0.1, 0.15) is 53.4 Å². The molecule has 0 aliphatic heterocycles. The van der Waals surface area contributed by atoms with E-state index in [9.17, 15) is 14.4 Å². The molecule has 0 heterocycles. The second kappa shape index (κ2) is 5.85. The lowest BCUT2D eigenvalue weighted by Crippen LogP contribution is -2.46. The third kappa shape index (κ3) is 3.23. The van der Waals surface area contributed by atoms with Gasteiger partial charge in [-0.1, -0.05) is 27.7 Å². The van der Waals surface area contributed by atoms with Gasteiger partial charge < -0.3 is 5.11 Å². The molecule has 1 fully saturated rings. The second-order valence-electron chi connectivity index (χ2n) is 6.26. The van der Waals surface area contributed by atoms with Crippen LogP contribution in [0.3, 0.4) is 0 Å². The number of aliphatic carboxylic acids is 1. The first kappa shape index (κ1) is 15.9. The molecule has 0 bridgehead atoms. The van der Waals surface area contributed by atoms with Gasteiger partial charge in [-0.15, -0.1) is 0 Å². The lowest BCUT2D eigenvalue weighted by molar-refractivity contribution is -0.149. The van der Waals surface area contributed by atoms with Gasteiger partial charge in [0.05, 0.1) is 0 Å². The van der Waals surface area contributed by atoms with Crippen molar-refractivity contribution in [2.45, 2.75) is 53.4 Å². The van der Waals surface area contributed by atoms with Gasteiger partial charge in [-0.05, 0) is 18.8 Å². The smallest absolute Gasteiger partial charge is 0.303 e. The van der Waals surface area contributed by atoms with Crippen molar-refractivity contribution in [2.24, 2.45) is 23.2 Å². The van der Waals surface area contributed by atoms with Crippen LogP contribution in [-0.4, -0.2) is 22.6 Å². The number of hydrogen-bond donors (Lipinski definition) is 1. The molecular formula is C15H24O4. The van der Waals surface area contributed by atoms with Gasteiger partial charge in [-0.25, -0.2) is 0 Å². The van der Waals surface area contributed by atoms with Crippen LogP contribution in [-0.2, 0) is 14.4 Å². The maximum atomic E-state index is 12.5. The Morgan fingerprint density at radius 3 is 2.37 bits per heavy atom. The molecule has 3 atom stereocenters. The van der Waals surface area contributed by atoms with Gasteiger partial charge in [0.1, 0.15) is 11.6 Å². The molecule has 0 saturated heterocycles. The van der Waals surface area contributed by atoms with E-state index in [1.54, 1.807) is 6.92 Å². The van der Waals surface area contributed by atoms with Gasteiger partial charge >= 0.3 is 5.97 Å². The number of carbonyl (C=O) groups excluding carboxylic acids is 2. The zero-order valence-corrected chi connectivity index (χ0v) is 12.2. The highest BCUT2D eigenvalue weighted by molar-refractivity contribution is 5.94. The van der Waals surface area contributed by atoms with E-state index in [0.717, 1.165) is 0 Å². The number of rotatable bonds is 5. The van der Waals surface area contributed by atoms with Gasteiger partial charge in [-0.3, -0.25) is 14.4 Å². The van der Waals surface area contributed by atoms with Crippen LogP contribution in [0.15, 0.2) is 0 Å². The maximum Gasteiger partial charge on any atom is 0.303 e. The summed E-state index contributed by atoms with van der Waals surface area (Å²) >= 11 is 0. The first-order chi connectivity index (χ1) is 8.70. The number of ketones is 2. The Balaban J connectivity index is 3.07. The van der Waals surface area contributed by atoms with Crippen molar-refractivity contribution in [1.82, 2.24) is 0 Å². The number of carboxylic acid groups (broad SMARTS) is 1. The summed E-state index contributed by atoms with van der Waals surface area (Å²) in [5, 5.41) is 8.97. The number of carboxylic acids is 1. The van der Waals surface area contributed by atoms with E-state index in [1.165, 1.54) is 0 Å². The summed E-state index contributed by atoms with van der Waals surface area (Å²) in [6, 6.07) is 0. The van der Waals surface area contributed by atoms with E-state index in [1.807, 2.05) is 20.8 Å². The van der Waals surface area contributed by atoms with Crippen LogP contribution in [0.25, 0.3) is 0 Å². The lowest BCUT2D eigenvalue weighted by Gasteiger charge is -2.42. The summed E-state index contributed by atoms with van der Waals surface area (Å²) in [5.41, 5.74) is -0.768. The van der Waals surface area contributed by atoms with Crippen molar-refractivity contribution in [2.75, 3.05) is 0 Å². The first-order valence-corrected chi connectivity index (χ1v) is 6.99. The van der Waals surface area contributed by atoms with Crippen LogP contribution < -0.4 is 0 Å². The van der Waals surface area contributed by atoms with Gasteiger partial charge in [-0.2, -0.15) is 0 Å². The molecule has 0 unspecified atom stereocenters. The standard InChI is InChI=1S/C15H24O4/c1-9(2)14(19)15(11(4)7-13(17)18)6-5-10(3)12(16)8-15/h9-11H,5-8H2,1-4H3,(H,17,18)/t10-,11-,15-/m1/s1. The minimum Gasteiger partial charge on any atom is -0.481 e. The van der Waals surface area contributed by atoms with Crippen LogP contribution >= 0.6 is 0 Å². The molecule has 4 heteroatoms. The fourth-order valence-corrected chi connectivity index (χ4v) is 3.11. The Morgan fingerprint density at radius 1 is 1.37 bits per heavy atom. The predicted octanol–water partition coefficient (Wildman–Crippen LogP) is 2.70. The molecular weight excluding hydrogens is 244 g/mol. The Bertz CT molecular complexity index is 386. The van der Waals surface area contributed by atoms with Crippen molar-refractivity contribution < 1.29 is 19.5 Å². The zero-order valence-electron chi connectivity index (χ0n) is 12.2. The number of hydrogen-bond acceptors (Lipinski definition) is 3. The Hall–Kier alpha value is -1.19. The van der Waals surface area contributed by atoms with E-state index in [4.69, 9.17) is 5.11 Å². The summed E-state index contributed by atoms with van der Waals surface area (Å²) in [6.07, 6.45) is 1.46. The fraction of sp³-hybridized carbons (Fsp3) is 0.800. The summed E-state index contributed by atoms with van der Waals surface area (Å²) < 4.78 is 0. The molecule has 4 nitrogen and oxygen atoms in total. The third-order valence-corrected chi connectivity index (χ3v) is 4.50. The summed E-state index contributed by atoms with van der Waals surface area (Å²) in [6.45, 7) is 7.31. The van der Waals surface area contributed by atoms with Gasteiger partial charge in [0.25, 0.3) is 0 Å². The van der Waals surface area contributed by atoms with Gasteiger partial charge in [0.15, 0.2) is 0 Å². The average molecular weight is 268 g/mol. The van der Waals surface area contributed by atoms with Crippen LogP contribution in [0.5, 0.6) is 0 Å².